The van der Waals surface area contributed by atoms with E-state index in [2.05, 4.69) is 9.97 Å². The molecule has 2 heterocycles. The molecule has 1 aromatic carbocycles. The fourth-order valence-corrected chi connectivity index (χ4v) is 4.28. The number of rotatable bonds is 5. The Hall–Kier alpha value is -2.06. The van der Waals surface area contributed by atoms with Gasteiger partial charge in [-0.2, -0.15) is 4.31 Å². The third kappa shape index (κ3) is 4.07. The summed E-state index contributed by atoms with van der Waals surface area (Å²) in [6, 6.07) is 5.92. The molecule has 1 saturated heterocycles. The summed E-state index contributed by atoms with van der Waals surface area (Å²) in [6.45, 7) is 0.643. The van der Waals surface area contributed by atoms with Crippen molar-refractivity contribution < 1.29 is 17.5 Å². The van der Waals surface area contributed by atoms with Gasteiger partial charge in [-0.15, -0.1) is 0 Å². The molecule has 0 aliphatic carbocycles. The zero-order valence-electron chi connectivity index (χ0n) is 13.0. The van der Waals surface area contributed by atoms with Crippen molar-refractivity contribution in [1.29, 1.82) is 0 Å². The highest BCUT2D eigenvalue weighted by Gasteiger charge is 2.30. The average molecular weight is 351 g/mol. The molecule has 1 fully saturated rings. The predicted molar refractivity (Wildman–Crippen MR) is 86.3 cm³/mol. The minimum atomic E-state index is -3.61. The van der Waals surface area contributed by atoms with E-state index in [1.165, 1.54) is 34.9 Å². The molecule has 0 N–H and O–H groups in total. The Morgan fingerprint density at radius 3 is 2.88 bits per heavy atom. The van der Waals surface area contributed by atoms with Crippen molar-refractivity contribution >= 4 is 10.0 Å². The molecule has 1 aliphatic rings. The summed E-state index contributed by atoms with van der Waals surface area (Å²) >= 11 is 0. The molecule has 1 unspecified atom stereocenters. The van der Waals surface area contributed by atoms with Gasteiger partial charge >= 0.3 is 0 Å². The van der Waals surface area contributed by atoms with Gasteiger partial charge in [0.15, 0.2) is 0 Å². The molecular formula is C16H18FN3O3S. The monoisotopic (exact) mass is 351 g/mol. The Kier molecular flexibility index (Phi) is 5.06. The first-order valence-electron chi connectivity index (χ1n) is 7.68. The van der Waals surface area contributed by atoms with Gasteiger partial charge in [-0.25, -0.2) is 17.8 Å². The maximum Gasteiger partial charge on any atom is 0.232 e. The van der Waals surface area contributed by atoms with Crippen LogP contribution in [0.3, 0.4) is 0 Å². The first kappa shape index (κ1) is 16.8. The van der Waals surface area contributed by atoms with Crippen LogP contribution in [0.15, 0.2) is 42.9 Å². The first-order chi connectivity index (χ1) is 11.5. The fourth-order valence-electron chi connectivity index (χ4n) is 2.67. The highest BCUT2D eigenvalue weighted by Crippen LogP contribution is 2.21. The van der Waals surface area contributed by atoms with Crippen LogP contribution < -0.4 is 4.74 Å². The topological polar surface area (TPSA) is 72.4 Å². The van der Waals surface area contributed by atoms with E-state index in [0.29, 0.717) is 18.8 Å². The number of ether oxygens (including phenoxy) is 1. The van der Waals surface area contributed by atoms with Crippen molar-refractivity contribution in [3.63, 3.8) is 0 Å². The summed E-state index contributed by atoms with van der Waals surface area (Å²) in [5.41, 5.74) is 0.175. The molecule has 0 bridgehead atoms. The second-order valence-corrected chi connectivity index (χ2v) is 7.60. The molecule has 1 aliphatic heterocycles. The smallest absolute Gasteiger partial charge is 0.232 e. The van der Waals surface area contributed by atoms with E-state index in [4.69, 9.17) is 4.74 Å². The maximum absolute atomic E-state index is 13.7. The Morgan fingerprint density at radius 2 is 2.12 bits per heavy atom. The van der Waals surface area contributed by atoms with Gasteiger partial charge < -0.3 is 4.74 Å². The molecule has 6 nitrogen and oxygen atoms in total. The number of halogens is 1. The summed E-state index contributed by atoms with van der Waals surface area (Å²) in [7, 11) is -3.61. The van der Waals surface area contributed by atoms with E-state index in [9.17, 15) is 12.8 Å². The number of hydrogen-bond acceptors (Lipinski definition) is 5. The molecule has 1 aromatic heterocycles. The van der Waals surface area contributed by atoms with Crippen LogP contribution >= 0.6 is 0 Å². The molecule has 0 spiro atoms. The van der Waals surface area contributed by atoms with E-state index in [-0.39, 0.29) is 24.0 Å². The van der Waals surface area contributed by atoms with Gasteiger partial charge in [0.1, 0.15) is 11.9 Å². The molecule has 128 valence electrons. The number of aromatic nitrogens is 2. The fraction of sp³-hybridized carbons (Fsp3) is 0.375. The van der Waals surface area contributed by atoms with Crippen molar-refractivity contribution in [2.45, 2.75) is 24.7 Å². The number of piperidine rings is 1. The second-order valence-electron chi connectivity index (χ2n) is 5.63. The normalized spacial score (nSPS) is 19.1. The van der Waals surface area contributed by atoms with Gasteiger partial charge in [0.2, 0.25) is 15.9 Å². The summed E-state index contributed by atoms with van der Waals surface area (Å²) in [4.78, 5) is 7.96. The molecule has 3 rings (SSSR count). The van der Waals surface area contributed by atoms with Crippen LogP contribution in [0.4, 0.5) is 4.39 Å². The average Bonchev–Trinajstić information content (AvgIpc) is 2.58. The molecule has 2 aromatic rings. The summed E-state index contributed by atoms with van der Waals surface area (Å²) in [5, 5.41) is 0. The van der Waals surface area contributed by atoms with Gasteiger partial charge in [-0.1, -0.05) is 18.2 Å². The highest BCUT2D eigenvalue weighted by atomic mass is 32.2. The lowest BCUT2D eigenvalue weighted by Crippen LogP contribution is -2.44. The Balaban J connectivity index is 1.68. The zero-order chi connectivity index (χ0) is 17.0. The standard InChI is InChI=1S/C16H18FN3O3S/c17-15-6-2-1-4-13(15)12-24(21,22)20-9-3-5-14(11-20)23-16-10-18-7-8-19-16/h1-2,4,6-8,10,14H,3,5,9,11-12H2. The van der Waals surface area contributed by atoms with Crippen LogP contribution in [0, 0.1) is 5.82 Å². The quantitative estimate of drug-likeness (QED) is 0.824. The number of benzene rings is 1. The van der Waals surface area contributed by atoms with Gasteiger partial charge in [-0.05, 0) is 18.9 Å². The van der Waals surface area contributed by atoms with Crippen molar-refractivity contribution in [2.24, 2.45) is 0 Å². The number of nitrogens with zero attached hydrogens (tertiary/aromatic N) is 3. The molecule has 0 saturated carbocycles. The van der Waals surface area contributed by atoms with E-state index in [0.717, 1.165) is 6.42 Å². The molecule has 1 atom stereocenters. The minimum Gasteiger partial charge on any atom is -0.472 e. The van der Waals surface area contributed by atoms with Crippen molar-refractivity contribution in [1.82, 2.24) is 14.3 Å². The van der Waals surface area contributed by atoms with E-state index in [1.54, 1.807) is 12.3 Å². The van der Waals surface area contributed by atoms with Crippen molar-refractivity contribution in [2.75, 3.05) is 13.1 Å². The van der Waals surface area contributed by atoms with E-state index >= 15 is 0 Å². The van der Waals surface area contributed by atoms with Crippen LogP contribution in [0.2, 0.25) is 0 Å². The minimum absolute atomic E-state index is 0.175. The van der Waals surface area contributed by atoms with Crippen molar-refractivity contribution in [3.05, 3.63) is 54.2 Å². The SMILES string of the molecule is O=S(=O)(Cc1ccccc1F)N1CCCC(Oc2cnccn2)C1. The molecule has 0 radical (unpaired) electrons. The van der Waals surface area contributed by atoms with Crippen LogP contribution in [0.5, 0.6) is 5.88 Å². The lowest BCUT2D eigenvalue weighted by molar-refractivity contribution is 0.124. The molecular weight excluding hydrogens is 333 g/mol. The summed E-state index contributed by atoms with van der Waals surface area (Å²) < 4.78 is 46.0. The van der Waals surface area contributed by atoms with Gasteiger partial charge in [0, 0.05) is 24.5 Å². The largest absolute Gasteiger partial charge is 0.472 e. The molecule has 0 amide bonds. The molecule has 8 heteroatoms. The zero-order valence-corrected chi connectivity index (χ0v) is 13.8. The molecule has 24 heavy (non-hydrogen) atoms. The highest BCUT2D eigenvalue weighted by molar-refractivity contribution is 7.88. The second kappa shape index (κ2) is 7.23. The first-order valence-corrected chi connectivity index (χ1v) is 9.29. The summed E-state index contributed by atoms with van der Waals surface area (Å²) in [6.07, 6.45) is 5.69. The number of hydrogen-bond donors (Lipinski definition) is 0. The van der Waals surface area contributed by atoms with Gasteiger partial charge in [-0.3, -0.25) is 4.98 Å². The van der Waals surface area contributed by atoms with Crippen LogP contribution in [0.1, 0.15) is 18.4 Å². The van der Waals surface area contributed by atoms with Crippen LogP contribution in [-0.2, 0) is 15.8 Å². The Bertz CT molecular complexity index is 786. The lowest BCUT2D eigenvalue weighted by atomic mass is 10.1. The third-order valence-corrected chi connectivity index (χ3v) is 5.65. The van der Waals surface area contributed by atoms with Crippen molar-refractivity contribution in [3.8, 4) is 5.88 Å². The van der Waals surface area contributed by atoms with Crippen LogP contribution in [-0.4, -0.2) is 41.9 Å². The number of sulfonamides is 1. The Labute approximate surface area is 140 Å². The van der Waals surface area contributed by atoms with Gasteiger partial charge in [0.25, 0.3) is 0 Å². The maximum atomic E-state index is 13.7. The lowest BCUT2D eigenvalue weighted by Gasteiger charge is -2.31. The summed E-state index contributed by atoms with van der Waals surface area (Å²) in [5.74, 6) is -0.487. The Morgan fingerprint density at radius 1 is 1.29 bits per heavy atom. The van der Waals surface area contributed by atoms with E-state index < -0.39 is 15.8 Å². The third-order valence-electron chi connectivity index (χ3n) is 3.86. The van der Waals surface area contributed by atoms with Crippen LogP contribution in [0.25, 0.3) is 0 Å². The predicted octanol–water partition coefficient (Wildman–Crippen LogP) is 1.99. The van der Waals surface area contributed by atoms with E-state index in [1.807, 2.05) is 0 Å². The van der Waals surface area contributed by atoms with Gasteiger partial charge in [0.05, 0.1) is 18.5 Å².